The summed E-state index contributed by atoms with van der Waals surface area (Å²) in [6.07, 6.45) is 7.97. The van der Waals surface area contributed by atoms with Gasteiger partial charge in [0.25, 0.3) is 0 Å². The van der Waals surface area contributed by atoms with Crippen molar-refractivity contribution in [3.05, 3.63) is 0 Å². The van der Waals surface area contributed by atoms with Crippen LogP contribution in [0.4, 0.5) is 0 Å². The van der Waals surface area contributed by atoms with Crippen molar-refractivity contribution in [1.82, 2.24) is 5.43 Å². The SMILES string of the molecule is CC(C)CCCC(CC1CCSCC1)NN. The molecule has 16 heavy (non-hydrogen) atoms. The molecule has 0 amide bonds. The molecule has 1 rings (SSSR count). The van der Waals surface area contributed by atoms with E-state index in [2.05, 4.69) is 31.0 Å². The molecule has 0 radical (unpaired) electrons. The number of rotatable bonds is 7. The van der Waals surface area contributed by atoms with Gasteiger partial charge in [0.05, 0.1) is 0 Å². The van der Waals surface area contributed by atoms with Crippen molar-refractivity contribution >= 4 is 11.8 Å². The molecule has 1 fully saturated rings. The van der Waals surface area contributed by atoms with Gasteiger partial charge in [0.1, 0.15) is 0 Å². The highest BCUT2D eigenvalue weighted by molar-refractivity contribution is 7.99. The predicted molar refractivity (Wildman–Crippen MR) is 74.5 cm³/mol. The van der Waals surface area contributed by atoms with Crippen LogP contribution in [0.1, 0.15) is 52.4 Å². The molecule has 0 saturated carbocycles. The zero-order valence-corrected chi connectivity index (χ0v) is 11.7. The zero-order chi connectivity index (χ0) is 11.8. The molecule has 1 atom stereocenters. The number of hydrogen-bond acceptors (Lipinski definition) is 3. The van der Waals surface area contributed by atoms with Crippen molar-refractivity contribution < 1.29 is 0 Å². The van der Waals surface area contributed by atoms with Gasteiger partial charge in [-0.05, 0) is 49.0 Å². The van der Waals surface area contributed by atoms with Crippen LogP contribution in [-0.4, -0.2) is 17.5 Å². The predicted octanol–water partition coefficient (Wildman–Crippen LogP) is 3.18. The number of hydrogen-bond donors (Lipinski definition) is 2. The van der Waals surface area contributed by atoms with Crippen LogP contribution in [0.2, 0.25) is 0 Å². The number of nitrogens with one attached hydrogen (secondary N) is 1. The van der Waals surface area contributed by atoms with E-state index >= 15 is 0 Å². The summed E-state index contributed by atoms with van der Waals surface area (Å²) in [4.78, 5) is 0. The first-order valence-electron chi connectivity index (χ1n) is 6.76. The Hall–Kier alpha value is 0.270. The van der Waals surface area contributed by atoms with E-state index in [1.54, 1.807) is 0 Å². The largest absolute Gasteiger partial charge is 0.271 e. The van der Waals surface area contributed by atoms with Gasteiger partial charge in [-0.3, -0.25) is 11.3 Å². The van der Waals surface area contributed by atoms with Crippen LogP contribution in [0.15, 0.2) is 0 Å². The normalized spacial score (nSPS) is 20.2. The highest BCUT2D eigenvalue weighted by atomic mass is 32.2. The highest BCUT2D eigenvalue weighted by Crippen LogP contribution is 2.27. The van der Waals surface area contributed by atoms with Gasteiger partial charge in [-0.25, -0.2) is 0 Å². The molecule has 3 heteroatoms. The third-order valence-electron chi connectivity index (χ3n) is 3.53. The average molecular weight is 244 g/mol. The third kappa shape index (κ3) is 6.12. The van der Waals surface area contributed by atoms with Gasteiger partial charge in [0, 0.05) is 6.04 Å². The first-order valence-corrected chi connectivity index (χ1v) is 7.91. The molecule has 1 aliphatic heterocycles. The molecule has 1 saturated heterocycles. The quantitative estimate of drug-likeness (QED) is 0.533. The molecule has 0 bridgehead atoms. The van der Waals surface area contributed by atoms with Crippen molar-refractivity contribution in [1.29, 1.82) is 0 Å². The first kappa shape index (κ1) is 14.3. The van der Waals surface area contributed by atoms with E-state index in [4.69, 9.17) is 5.84 Å². The lowest BCUT2D eigenvalue weighted by molar-refractivity contribution is 0.342. The van der Waals surface area contributed by atoms with Crippen molar-refractivity contribution in [2.24, 2.45) is 17.7 Å². The molecule has 1 aliphatic rings. The van der Waals surface area contributed by atoms with Gasteiger partial charge in [-0.15, -0.1) is 0 Å². The lowest BCUT2D eigenvalue weighted by Gasteiger charge is -2.26. The molecule has 2 nitrogen and oxygen atoms in total. The Balaban J connectivity index is 2.14. The summed E-state index contributed by atoms with van der Waals surface area (Å²) in [5, 5.41) is 0. The third-order valence-corrected chi connectivity index (χ3v) is 4.58. The maximum Gasteiger partial charge on any atom is 0.0213 e. The van der Waals surface area contributed by atoms with E-state index < -0.39 is 0 Å². The molecule has 0 aromatic heterocycles. The van der Waals surface area contributed by atoms with E-state index in [9.17, 15) is 0 Å². The van der Waals surface area contributed by atoms with E-state index in [1.807, 2.05) is 0 Å². The molecule has 0 aromatic rings. The Labute approximate surface area is 105 Å². The molecular formula is C13H28N2S. The van der Waals surface area contributed by atoms with Gasteiger partial charge < -0.3 is 0 Å². The van der Waals surface area contributed by atoms with Gasteiger partial charge >= 0.3 is 0 Å². The van der Waals surface area contributed by atoms with Crippen molar-refractivity contribution in [2.45, 2.75) is 58.4 Å². The van der Waals surface area contributed by atoms with Crippen molar-refractivity contribution in [2.75, 3.05) is 11.5 Å². The molecule has 1 unspecified atom stereocenters. The Morgan fingerprint density at radius 2 is 1.94 bits per heavy atom. The minimum Gasteiger partial charge on any atom is -0.271 e. The standard InChI is InChI=1S/C13H28N2S/c1-11(2)4-3-5-13(15-14)10-12-6-8-16-9-7-12/h11-13,15H,3-10,14H2,1-2H3. The minimum atomic E-state index is 0.548. The second-order valence-corrected chi connectivity index (χ2v) is 6.70. The lowest BCUT2D eigenvalue weighted by Crippen LogP contribution is -2.37. The second-order valence-electron chi connectivity index (χ2n) is 5.48. The van der Waals surface area contributed by atoms with E-state index in [-0.39, 0.29) is 0 Å². The van der Waals surface area contributed by atoms with Gasteiger partial charge in [0.2, 0.25) is 0 Å². The second kappa shape index (κ2) is 8.37. The van der Waals surface area contributed by atoms with Crippen LogP contribution in [0.25, 0.3) is 0 Å². The topological polar surface area (TPSA) is 38.0 Å². The van der Waals surface area contributed by atoms with Crippen LogP contribution in [0.5, 0.6) is 0 Å². The van der Waals surface area contributed by atoms with Crippen molar-refractivity contribution in [3.63, 3.8) is 0 Å². The van der Waals surface area contributed by atoms with Crippen LogP contribution >= 0.6 is 11.8 Å². The molecule has 96 valence electrons. The molecule has 1 heterocycles. The van der Waals surface area contributed by atoms with Gasteiger partial charge in [0.15, 0.2) is 0 Å². The Morgan fingerprint density at radius 1 is 1.25 bits per heavy atom. The first-order chi connectivity index (χ1) is 7.72. The van der Waals surface area contributed by atoms with Gasteiger partial charge in [-0.1, -0.05) is 26.7 Å². The molecular weight excluding hydrogens is 216 g/mol. The number of thioether (sulfide) groups is 1. The Bertz CT molecular complexity index is 167. The average Bonchev–Trinajstić information content (AvgIpc) is 2.28. The van der Waals surface area contributed by atoms with Crippen LogP contribution in [0, 0.1) is 11.8 Å². The smallest absolute Gasteiger partial charge is 0.0213 e. The molecule has 0 aromatic carbocycles. The maximum absolute atomic E-state index is 5.65. The van der Waals surface area contributed by atoms with Crippen LogP contribution in [0.3, 0.4) is 0 Å². The molecule has 3 N–H and O–H groups in total. The summed E-state index contributed by atoms with van der Waals surface area (Å²) in [6, 6.07) is 0.548. The zero-order valence-electron chi connectivity index (χ0n) is 10.9. The fourth-order valence-electron chi connectivity index (χ4n) is 2.43. The Kier molecular flexibility index (Phi) is 7.50. The summed E-state index contributed by atoms with van der Waals surface area (Å²) in [5.74, 6) is 10.1. The van der Waals surface area contributed by atoms with Crippen LogP contribution in [-0.2, 0) is 0 Å². The van der Waals surface area contributed by atoms with Gasteiger partial charge in [-0.2, -0.15) is 11.8 Å². The van der Waals surface area contributed by atoms with E-state index in [0.29, 0.717) is 6.04 Å². The number of hydrazine groups is 1. The summed E-state index contributed by atoms with van der Waals surface area (Å²) >= 11 is 2.10. The minimum absolute atomic E-state index is 0.548. The lowest BCUT2D eigenvalue weighted by atomic mass is 9.91. The maximum atomic E-state index is 5.65. The summed E-state index contributed by atoms with van der Waals surface area (Å²) in [5.41, 5.74) is 3.02. The van der Waals surface area contributed by atoms with Crippen molar-refractivity contribution in [3.8, 4) is 0 Å². The molecule has 0 spiro atoms. The highest BCUT2D eigenvalue weighted by Gasteiger charge is 2.18. The van der Waals surface area contributed by atoms with E-state index in [1.165, 1.54) is 50.0 Å². The summed E-state index contributed by atoms with van der Waals surface area (Å²) in [7, 11) is 0. The van der Waals surface area contributed by atoms with E-state index in [0.717, 1.165) is 11.8 Å². The monoisotopic (exact) mass is 244 g/mol. The summed E-state index contributed by atoms with van der Waals surface area (Å²) in [6.45, 7) is 4.59. The Morgan fingerprint density at radius 3 is 2.50 bits per heavy atom. The molecule has 0 aliphatic carbocycles. The van der Waals surface area contributed by atoms with Crippen LogP contribution < -0.4 is 11.3 Å². The fourth-order valence-corrected chi connectivity index (χ4v) is 3.63. The summed E-state index contributed by atoms with van der Waals surface area (Å²) < 4.78 is 0. The fraction of sp³-hybridized carbons (Fsp3) is 1.00. The number of nitrogens with two attached hydrogens (primary N) is 1.